The molecule has 0 fully saturated rings. The number of hydrogen-bond donors (Lipinski definition) is 2. The summed E-state index contributed by atoms with van der Waals surface area (Å²) in [4.78, 5) is 15.2. The Kier molecular flexibility index (Phi) is 4.62. The predicted molar refractivity (Wildman–Crippen MR) is 91.5 cm³/mol. The Morgan fingerprint density at radius 1 is 1.17 bits per heavy atom. The van der Waals surface area contributed by atoms with Crippen molar-refractivity contribution in [2.24, 2.45) is 0 Å². The van der Waals surface area contributed by atoms with Crippen LogP contribution in [0.15, 0.2) is 60.8 Å². The number of ether oxygens (including phenoxy) is 1. The summed E-state index contributed by atoms with van der Waals surface area (Å²) in [5.41, 5.74) is 2.26. The van der Waals surface area contributed by atoms with E-state index in [-0.39, 0.29) is 5.91 Å². The van der Waals surface area contributed by atoms with Crippen LogP contribution in [0.2, 0.25) is 0 Å². The van der Waals surface area contributed by atoms with Crippen LogP contribution in [0.3, 0.4) is 0 Å². The number of aromatic amines is 1. The molecule has 1 amide bonds. The number of aromatic nitrogens is 1. The lowest BCUT2D eigenvalue weighted by Gasteiger charge is -2.15. The van der Waals surface area contributed by atoms with Crippen LogP contribution in [0.1, 0.15) is 12.5 Å². The molecule has 0 aliphatic rings. The van der Waals surface area contributed by atoms with Gasteiger partial charge in [-0.15, -0.1) is 0 Å². The standard InChI is InChI=1S/C19H20N2O2/c1-14(19(22)21-11-9-15-5-3-2-4-6-15)23-17-7-8-18-16(13-17)10-12-20-18/h2-8,10,12-14,20H,9,11H2,1H3,(H,21,22). The molecule has 1 atom stereocenters. The number of H-pyrrole nitrogens is 1. The highest BCUT2D eigenvalue weighted by atomic mass is 16.5. The van der Waals surface area contributed by atoms with Gasteiger partial charge in [0, 0.05) is 23.6 Å². The Labute approximate surface area is 135 Å². The van der Waals surface area contributed by atoms with Crippen molar-refractivity contribution < 1.29 is 9.53 Å². The fourth-order valence-corrected chi connectivity index (χ4v) is 2.48. The Balaban J connectivity index is 1.50. The van der Waals surface area contributed by atoms with E-state index in [4.69, 9.17) is 4.74 Å². The second-order valence-electron chi connectivity index (χ2n) is 5.51. The molecule has 0 saturated carbocycles. The molecular weight excluding hydrogens is 288 g/mol. The van der Waals surface area contributed by atoms with Crippen LogP contribution in [0.5, 0.6) is 5.75 Å². The second kappa shape index (κ2) is 7.01. The molecule has 2 aromatic carbocycles. The lowest BCUT2D eigenvalue weighted by atomic mass is 10.1. The van der Waals surface area contributed by atoms with E-state index in [2.05, 4.69) is 22.4 Å². The number of fused-ring (bicyclic) bond motifs is 1. The van der Waals surface area contributed by atoms with Crippen molar-refractivity contribution in [3.05, 3.63) is 66.4 Å². The van der Waals surface area contributed by atoms with Gasteiger partial charge in [0.05, 0.1) is 0 Å². The van der Waals surface area contributed by atoms with Crippen molar-refractivity contribution in [1.29, 1.82) is 0 Å². The predicted octanol–water partition coefficient (Wildman–Crippen LogP) is 3.29. The minimum atomic E-state index is -0.526. The van der Waals surface area contributed by atoms with Gasteiger partial charge in [-0.3, -0.25) is 4.79 Å². The zero-order valence-electron chi connectivity index (χ0n) is 13.1. The van der Waals surface area contributed by atoms with Crippen LogP contribution in [-0.4, -0.2) is 23.5 Å². The third-order valence-corrected chi connectivity index (χ3v) is 3.76. The summed E-state index contributed by atoms with van der Waals surface area (Å²) in [5.74, 6) is 0.595. The van der Waals surface area contributed by atoms with E-state index < -0.39 is 6.10 Å². The molecular formula is C19H20N2O2. The maximum Gasteiger partial charge on any atom is 0.260 e. The monoisotopic (exact) mass is 308 g/mol. The summed E-state index contributed by atoms with van der Waals surface area (Å²) >= 11 is 0. The maximum atomic E-state index is 12.1. The van der Waals surface area contributed by atoms with Crippen LogP contribution in [0, 0.1) is 0 Å². The summed E-state index contributed by atoms with van der Waals surface area (Å²) in [6, 6.07) is 17.8. The maximum absolute atomic E-state index is 12.1. The van der Waals surface area contributed by atoms with E-state index >= 15 is 0 Å². The van der Waals surface area contributed by atoms with Crippen LogP contribution in [-0.2, 0) is 11.2 Å². The molecule has 23 heavy (non-hydrogen) atoms. The summed E-state index contributed by atoms with van der Waals surface area (Å²) in [6.45, 7) is 2.37. The number of carbonyl (C=O) groups is 1. The molecule has 3 aromatic rings. The Hall–Kier alpha value is -2.75. The number of amides is 1. The highest BCUT2D eigenvalue weighted by Crippen LogP contribution is 2.20. The Morgan fingerprint density at radius 2 is 2.00 bits per heavy atom. The fraction of sp³-hybridized carbons (Fsp3) is 0.211. The molecule has 0 aliphatic carbocycles. The topological polar surface area (TPSA) is 54.1 Å². The first kappa shape index (κ1) is 15.2. The van der Waals surface area contributed by atoms with Gasteiger partial charge in [-0.25, -0.2) is 0 Å². The number of rotatable bonds is 6. The molecule has 1 unspecified atom stereocenters. The van der Waals surface area contributed by atoms with Gasteiger partial charge >= 0.3 is 0 Å². The molecule has 0 bridgehead atoms. The Morgan fingerprint density at radius 3 is 2.83 bits per heavy atom. The average molecular weight is 308 g/mol. The van der Waals surface area contributed by atoms with Crippen LogP contribution >= 0.6 is 0 Å². The fourth-order valence-electron chi connectivity index (χ4n) is 2.48. The molecule has 4 nitrogen and oxygen atoms in total. The highest BCUT2D eigenvalue weighted by Gasteiger charge is 2.14. The van der Waals surface area contributed by atoms with Crippen LogP contribution < -0.4 is 10.1 Å². The lowest BCUT2D eigenvalue weighted by molar-refractivity contribution is -0.127. The number of hydrogen-bond acceptors (Lipinski definition) is 2. The van der Waals surface area contributed by atoms with Gasteiger partial charge in [-0.1, -0.05) is 30.3 Å². The van der Waals surface area contributed by atoms with E-state index in [1.165, 1.54) is 5.56 Å². The van der Waals surface area contributed by atoms with E-state index in [1.54, 1.807) is 6.92 Å². The number of benzene rings is 2. The molecule has 3 rings (SSSR count). The van der Waals surface area contributed by atoms with Gasteiger partial charge in [0.2, 0.25) is 0 Å². The summed E-state index contributed by atoms with van der Waals surface area (Å²) in [6.07, 6.45) is 2.17. The third kappa shape index (κ3) is 3.92. The van der Waals surface area contributed by atoms with Gasteiger partial charge in [0.25, 0.3) is 5.91 Å². The largest absolute Gasteiger partial charge is 0.481 e. The van der Waals surface area contributed by atoms with E-state index in [9.17, 15) is 4.79 Å². The van der Waals surface area contributed by atoms with Crippen molar-refractivity contribution in [3.63, 3.8) is 0 Å². The molecule has 0 aliphatic heterocycles. The van der Waals surface area contributed by atoms with Crippen molar-refractivity contribution in [2.45, 2.75) is 19.4 Å². The minimum Gasteiger partial charge on any atom is -0.481 e. The first-order chi connectivity index (χ1) is 11.2. The molecule has 4 heteroatoms. The zero-order valence-corrected chi connectivity index (χ0v) is 13.1. The minimum absolute atomic E-state index is 0.102. The van der Waals surface area contributed by atoms with Crippen molar-refractivity contribution in [3.8, 4) is 5.75 Å². The smallest absolute Gasteiger partial charge is 0.260 e. The first-order valence-corrected chi connectivity index (χ1v) is 7.78. The first-order valence-electron chi connectivity index (χ1n) is 7.78. The van der Waals surface area contributed by atoms with Gasteiger partial charge < -0.3 is 15.0 Å². The normalized spacial score (nSPS) is 12.0. The van der Waals surface area contributed by atoms with Crippen molar-refractivity contribution in [1.82, 2.24) is 10.3 Å². The molecule has 2 N–H and O–H groups in total. The SMILES string of the molecule is CC(Oc1ccc2[nH]ccc2c1)C(=O)NCCc1ccccc1. The van der Waals surface area contributed by atoms with E-state index in [0.717, 1.165) is 17.3 Å². The quantitative estimate of drug-likeness (QED) is 0.734. The molecule has 0 radical (unpaired) electrons. The molecule has 1 heterocycles. The third-order valence-electron chi connectivity index (χ3n) is 3.76. The Bertz CT molecular complexity index is 780. The van der Waals surface area contributed by atoms with Gasteiger partial charge in [-0.05, 0) is 43.2 Å². The average Bonchev–Trinajstić information content (AvgIpc) is 3.03. The summed E-state index contributed by atoms with van der Waals surface area (Å²) in [7, 11) is 0. The van der Waals surface area contributed by atoms with Crippen molar-refractivity contribution in [2.75, 3.05) is 6.54 Å². The number of carbonyl (C=O) groups excluding carboxylic acids is 1. The molecule has 0 spiro atoms. The lowest BCUT2D eigenvalue weighted by Crippen LogP contribution is -2.37. The summed E-state index contributed by atoms with van der Waals surface area (Å²) < 4.78 is 5.73. The molecule has 0 saturated heterocycles. The summed E-state index contributed by atoms with van der Waals surface area (Å²) in [5, 5.41) is 3.98. The van der Waals surface area contributed by atoms with Crippen molar-refractivity contribution >= 4 is 16.8 Å². The van der Waals surface area contributed by atoms with Gasteiger partial charge in [0.15, 0.2) is 6.10 Å². The van der Waals surface area contributed by atoms with Gasteiger partial charge in [-0.2, -0.15) is 0 Å². The second-order valence-corrected chi connectivity index (χ2v) is 5.51. The number of nitrogens with one attached hydrogen (secondary N) is 2. The van der Waals surface area contributed by atoms with Crippen LogP contribution in [0.4, 0.5) is 0 Å². The molecule has 118 valence electrons. The van der Waals surface area contributed by atoms with Gasteiger partial charge in [0.1, 0.15) is 5.75 Å². The van der Waals surface area contributed by atoms with Crippen LogP contribution in [0.25, 0.3) is 10.9 Å². The van der Waals surface area contributed by atoms with E-state index in [1.807, 2.05) is 48.7 Å². The zero-order chi connectivity index (χ0) is 16.1. The highest BCUT2D eigenvalue weighted by molar-refractivity contribution is 5.82. The van der Waals surface area contributed by atoms with E-state index in [0.29, 0.717) is 12.3 Å². The molecule has 1 aromatic heterocycles.